The topological polar surface area (TPSA) is 48.1 Å². The molecule has 4 heteroatoms. The van der Waals surface area contributed by atoms with Crippen LogP contribution in [0.2, 0.25) is 5.02 Å². The minimum Gasteiger partial charge on any atom is -0.497 e. The molecule has 3 nitrogen and oxygen atoms in total. The van der Waals surface area contributed by atoms with Crippen LogP contribution in [0.15, 0.2) is 36.4 Å². The van der Waals surface area contributed by atoms with Crippen molar-refractivity contribution in [3.63, 3.8) is 0 Å². The number of ether oxygens (including phenoxy) is 1. The van der Waals surface area contributed by atoms with Crippen molar-refractivity contribution in [2.75, 3.05) is 12.8 Å². The largest absolute Gasteiger partial charge is 0.497 e. The smallest absolute Gasteiger partial charge is 0.119 e. The van der Waals surface area contributed by atoms with Gasteiger partial charge in [0.2, 0.25) is 0 Å². The molecule has 0 aliphatic carbocycles. The van der Waals surface area contributed by atoms with E-state index in [0.29, 0.717) is 10.7 Å². The van der Waals surface area contributed by atoms with Crippen molar-refractivity contribution < 1.29 is 4.74 Å². The molecule has 0 aliphatic heterocycles. The number of rotatable bonds is 1. The van der Waals surface area contributed by atoms with Crippen molar-refractivity contribution in [2.45, 2.75) is 0 Å². The van der Waals surface area contributed by atoms with Crippen LogP contribution in [0.4, 0.5) is 5.69 Å². The van der Waals surface area contributed by atoms with Crippen LogP contribution in [-0.2, 0) is 0 Å². The van der Waals surface area contributed by atoms with Crippen LogP contribution in [0.1, 0.15) is 0 Å². The summed E-state index contributed by atoms with van der Waals surface area (Å²) in [4.78, 5) is 4.56. The SMILES string of the molecule is COc1ccc2nc3ccc(Cl)cc3c(N)c2c1. The molecule has 0 bridgehead atoms. The summed E-state index contributed by atoms with van der Waals surface area (Å²) in [5.41, 5.74) is 8.56. The highest BCUT2D eigenvalue weighted by atomic mass is 35.5. The maximum Gasteiger partial charge on any atom is 0.119 e. The van der Waals surface area contributed by atoms with Gasteiger partial charge in [-0.2, -0.15) is 0 Å². The Labute approximate surface area is 109 Å². The first-order valence-corrected chi connectivity index (χ1v) is 5.89. The summed E-state index contributed by atoms with van der Waals surface area (Å²) in [5.74, 6) is 0.761. The third-order valence-electron chi connectivity index (χ3n) is 2.98. The lowest BCUT2D eigenvalue weighted by atomic mass is 10.1. The van der Waals surface area contributed by atoms with Crippen LogP contribution < -0.4 is 10.5 Å². The molecule has 1 aromatic heterocycles. The van der Waals surface area contributed by atoms with Gasteiger partial charge in [-0.05, 0) is 36.4 Å². The Morgan fingerprint density at radius 1 is 1.06 bits per heavy atom. The molecule has 3 rings (SSSR count). The van der Waals surface area contributed by atoms with E-state index in [9.17, 15) is 0 Å². The molecule has 2 aromatic carbocycles. The summed E-state index contributed by atoms with van der Waals surface area (Å²) >= 11 is 5.99. The van der Waals surface area contributed by atoms with Crippen LogP contribution in [0, 0.1) is 0 Å². The number of fused-ring (bicyclic) bond motifs is 2. The van der Waals surface area contributed by atoms with Gasteiger partial charge in [0.05, 0.1) is 23.8 Å². The Hall–Kier alpha value is -2.00. The molecular weight excluding hydrogens is 248 g/mol. The molecule has 1 heterocycles. The lowest BCUT2D eigenvalue weighted by molar-refractivity contribution is 0.415. The van der Waals surface area contributed by atoms with Crippen molar-refractivity contribution in [2.24, 2.45) is 0 Å². The normalized spacial score (nSPS) is 11.0. The van der Waals surface area contributed by atoms with Gasteiger partial charge >= 0.3 is 0 Å². The standard InChI is InChI=1S/C14H11ClN2O/c1-18-9-3-5-13-11(7-9)14(16)10-6-8(15)2-4-12(10)17-13/h2-7H,1H3,(H2,16,17). The molecule has 0 fully saturated rings. The minimum atomic E-state index is 0.651. The van der Waals surface area contributed by atoms with Crippen molar-refractivity contribution in [3.8, 4) is 5.75 Å². The Morgan fingerprint density at radius 3 is 2.44 bits per heavy atom. The van der Waals surface area contributed by atoms with Crippen molar-refractivity contribution >= 4 is 39.1 Å². The van der Waals surface area contributed by atoms with Crippen molar-refractivity contribution in [1.29, 1.82) is 0 Å². The summed E-state index contributed by atoms with van der Waals surface area (Å²) in [7, 11) is 1.63. The molecule has 2 N–H and O–H groups in total. The van der Waals surface area contributed by atoms with E-state index in [-0.39, 0.29) is 0 Å². The molecule has 0 unspecified atom stereocenters. The summed E-state index contributed by atoms with van der Waals surface area (Å²) in [6, 6.07) is 11.2. The maximum atomic E-state index is 6.19. The molecular formula is C14H11ClN2O. The molecule has 0 atom stereocenters. The first-order chi connectivity index (χ1) is 8.69. The summed E-state index contributed by atoms with van der Waals surface area (Å²) in [6.45, 7) is 0. The average molecular weight is 259 g/mol. The van der Waals surface area contributed by atoms with E-state index in [1.54, 1.807) is 7.11 Å². The van der Waals surface area contributed by atoms with Crippen LogP contribution in [0.3, 0.4) is 0 Å². The van der Waals surface area contributed by atoms with E-state index >= 15 is 0 Å². The van der Waals surface area contributed by atoms with Gasteiger partial charge in [-0.15, -0.1) is 0 Å². The average Bonchev–Trinajstić information content (AvgIpc) is 2.40. The molecule has 0 spiro atoms. The number of nitrogens with zero attached hydrogens (tertiary/aromatic N) is 1. The highest BCUT2D eigenvalue weighted by Gasteiger charge is 2.07. The maximum absolute atomic E-state index is 6.19. The monoisotopic (exact) mass is 258 g/mol. The number of methoxy groups -OCH3 is 1. The van der Waals surface area contributed by atoms with E-state index in [0.717, 1.165) is 27.6 Å². The van der Waals surface area contributed by atoms with Gasteiger partial charge in [0.15, 0.2) is 0 Å². The fourth-order valence-electron chi connectivity index (χ4n) is 2.05. The van der Waals surface area contributed by atoms with Crippen molar-refractivity contribution in [1.82, 2.24) is 4.98 Å². The fraction of sp³-hybridized carbons (Fsp3) is 0.0714. The van der Waals surface area contributed by atoms with Gasteiger partial charge in [0.25, 0.3) is 0 Å². The van der Waals surface area contributed by atoms with E-state index in [1.807, 2.05) is 36.4 Å². The fourth-order valence-corrected chi connectivity index (χ4v) is 2.22. The molecule has 3 aromatic rings. The predicted molar refractivity (Wildman–Crippen MR) is 75.2 cm³/mol. The number of hydrogen-bond acceptors (Lipinski definition) is 3. The van der Waals surface area contributed by atoms with Gasteiger partial charge < -0.3 is 10.5 Å². The first-order valence-electron chi connectivity index (χ1n) is 5.51. The number of hydrogen-bond donors (Lipinski definition) is 1. The van der Waals surface area contributed by atoms with Gasteiger partial charge in [-0.3, -0.25) is 0 Å². The molecule has 0 aliphatic rings. The van der Waals surface area contributed by atoms with E-state index < -0.39 is 0 Å². The molecule has 0 radical (unpaired) electrons. The number of anilines is 1. The van der Waals surface area contributed by atoms with E-state index in [1.165, 1.54) is 0 Å². The lowest BCUT2D eigenvalue weighted by Gasteiger charge is -2.08. The number of nitrogens with two attached hydrogens (primary N) is 1. The Kier molecular flexibility index (Phi) is 2.49. The van der Waals surface area contributed by atoms with Gasteiger partial charge in [0.1, 0.15) is 5.75 Å². The Morgan fingerprint density at radius 2 is 1.72 bits per heavy atom. The van der Waals surface area contributed by atoms with Crippen LogP contribution in [0.25, 0.3) is 21.8 Å². The summed E-state index contributed by atoms with van der Waals surface area (Å²) in [5, 5.41) is 2.39. The van der Waals surface area contributed by atoms with E-state index in [4.69, 9.17) is 22.1 Å². The lowest BCUT2D eigenvalue weighted by Crippen LogP contribution is -1.93. The zero-order valence-corrected chi connectivity index (χ0v) is 10.5. The molecule has 90 valence electrons. The highest BCUT2D eigenvalue weighted by molar-refractivity contribution is 6.31. The number of halogens is 1. The minimum absolute atomic E-state index is 0.651. The van der Waals surface area contributed by atoms with Gasteiger partial charge in [-0.25, -0.2) is 4.98 Å². The first kappa shape index (κ1) is 11.1. The number of aromatic nitrogens is 1. The third kappa shape index (κ3) is 1.64. The van der Waals surface area contributed by atoms with Crippen LogP contribution >= 0.6 is 11.6 Å². The number of benzene rings is 2. The third-order valence-corrected chi connectivity index (χ3v) is 3.22. The zero-order valence-electron chi connectivity index (χ0n) is 9.77. The van der Waals surface area contributed by atoms with Crippen LogP contribution in [0.5, 0.6) is 5.75 Å². The van der Waals surface area contributed by atoms with Crippen molar-refractivity contribution in [3.05, 3.63) is 41.4 Å². The quantitative estimate of drug-likeness (QED) is 0.678. The second-order valence-corrected chi connectivity index (χ2v) is 4.51. The molecule has 0 saturated heterocycles. The number of pyridine rings is 1. The molecule has 0 saturated carbocycles. The highest BCUT2D eigenvalue weighted by Crippen LogP contribution is 2.31. The number of nitrogen functional groups attached to an aromatic ring is 1. The molecule has 0 amide bonds. The molecule has 18 heavy (non-hydrogen) atoms. The second kappa shape index (κ2) is 4.03. The summed E-state index contributed by atoms with van der Waals surface area (Å²) < 4.78 is 5.20. The second-order valence-electron chi connectivity index (χ2n) is 4.07. The van der Waals surface area contributed by atoms with Gasteiger partial charge in [0, 0.05) is 15.8 Å². The summed E-state index contributed by atoms with van der Waals surface area (Å²) in [6.07, 6.45) is 0. The van der Waals surface area contributed by atoms with Crippen LogP contribution in [-0.4, -0.2) is 12.1 Å². The Bertz CT molecular complexity index is 755. The zero-order chi connectivity index (χ0) is 12.7. The van der Waals surface area contributed by atoms with E-state index in [2.05, 4.69) is 4.98 Å². The predicted octanol–water partition coefficient (Wildman–Crippen LogP) is 3.63. The van der Waals surface area contributed by atoms with Gasteiger partial charge in [-0.1, -0.05) is 11.6 Å². The Balaban J connectivity index is 2.45.